The number of aryl methyl sites for hydroxylation is 1. The molecule has 3 rings (SSSR count). The predicted molar refractivity (Wildman–Crippen MR) is 115 cm³/mol. The van der Waals surface area contributed by atoms with E-state index in [0.29, 0.717) is 6.54 Å². The second kappa shape index (κ2) is 11.5. The van der Waals surface area contributed by atoms with Gasteiger partial charge in [-0.2, -0.15) is 0 Å². The van der Waals surface area contributed by atoms with Crippen molar-refractivity contribution < 1.29 is 9.84 Å². The average molecular weight is 418 g/mol. The summed E-state index contributed by atoms with van der Waals surface area (Å²) in [5.74, 6) is 0.783. The molecule has 0 radical (unpaired) electrons. The molecule has 29 heavy (non-hydrogen) atoms. The standard InChI is InChI=1S/C21H27N5O2.ClH/c1-3-4-17-5-11-21(12-6-17)28-14-20(27)13-22-16(2)18-7-9-19(10-8-18)26-15-23-24-25-26;/h5-12,15-16,20,22,27H,3-4,13-14H2,1-2H3;1H. The molecule has 2 N–H and O–H groups in total. The number of tetrazole rings is 1. The number of aliphatic hydroxyl groups excluding tert-OH is 1. The maximum atomic E-state index is 10.2. The summed E-state index contributed by atoms with van der Waals surface area (Å²) in [7, 11) is 0. The Hall–Kier alpha value is -2.48. The van der Waals surface area contributed by atoms with E-state index in [0.717, 1.165) is 29.8 Å². The van der Waals surface area contributed by atoms with Gasteiger partial charge in [0.05, 0.1) is 5.69 Å². The molecule has 156 valence electrons. The highest BCUT2D eigenvalue weighted by Gasteiger charge is 2.10. The van der Waals surface area contributed by atoms with E-state index in [1.54, 1.807) is 11.0 Å². The van der Waals surface area contributed by atoms with E-state index < -0.39 is 6.10 Å². The fraction of sp³-hybridized carbons (Fsp3) is 0.381. The molecule has 0 amide bonds. The first kappa shape index (κ1) is 22.8. The number of aliphatic hydroxyl groups is 1. The van der Waals surface area contributed by atoms with E-state index in [9.17, 15) is 5.11 Å². The van der Waals surface area contributed by atoms with Crippen LogP contribution in [0.3, 0.4) is 0 Å². The van der Waals surface area contributed by atoms with Crippen LogP contribution in [-0.4, -0.2) is 44.6 Å². The maximum absolute atomic E-state index is 10.2. The van der Waals surface area contributed by atoms with Crippen LogP contribution in [-0.2, 0) is 6.42 Å². The van der Waals surface area contributed by atoms with Crippen LogP contribution in [0.25, 0.3) is 5.69 Å². The highest BCUT2D eigenvalue weighted by atomic mass is 35.5. The van der Waals surface area contributed by atoms with Crippen molar-refractivity contribution in [2.75, 3.05) is 13.2 Å². The summed E-state index contributed by atoms with van der Waals surface area (Å²) < 4.78 is 7.29. The third-order valence-electron chi connectivity index (χ3n) is 4.57. The molecule has 3 aromatic rings. The Balaban J connectivity index is 0.00000300. The zero-order chi connectivity index (χ0) is 19.8. The number of hydrogen-bond acceptors (Lipinski definition) is 6. The van der Waals surface area contributed by atoms with E-state index in [2.05, 4.69) is 46.8 Å². The number of hydrogen-bond donors (Lipinski definition) is 2. The number of rotatable bonds is 10. The number of nitrogens with one attached hydrogen (secondary N) is 1. The van der Waals surface area contributed by atoms with Gasteiger partial charge in [0.2, 0.25) is 0 Å². The van der Waals surface area contributed by atoms with Crippen LogP contribution in [0.4, 0.5) is 0 Å². The summed E-state index contributed by atoms with van der Waals surface area (Å²) in [4.78, 5) is 0. The van der Waals surface area contributed by atoms with Gasteiger partial charge in [0, 0.05) is 12.6 Å². The molecule has 0 aliphatic rings. The van der Waals surface area contributed by atoms with Gasteiger partial charge >= 0.3 is 0 Å². The minimum atomic E-state index is -0.585. The molecule has 8 heteroatoms. The first-order valence-electron chi connectivity index (χ1n) is 9.62. The lowest BCUT2D eigenvalue weighted by molar-refractivity contribution is 0.104. The van der Waals surface area contributed by atoms with Gasteiger partial charge < -0.3 is 15.2 Å². The van der Waals surface area contributed by atoms with Crippen LogP contribution < -0.4 is 10.1 Å². The Morgan fingerprint density at radius 3 is 2.45 bits per heavy atom. The van der Waals surface area contributed by atoms with E-state index in [1.807, 2.05) is 36.4 Å². The van der Waals surface area contributed by atoms with Crippen molar-refractivity contribution in [1.29, 1.82) is 0 Å². The summed E-state index contributed by atoms with van der Waals surface area (Å²) in [6.07, 6.45) is 3.17. The summed E-state index contributed by atoms with van der Waals surface area (Å²) >= 11 is 0. The van der Waals surface area contributed by atoms with Gasteiger partial charge in [0.1, 0.15) is 24.8 Å². The van der Waals surface area contributed by atoms with Crippen LogP contribution >= 0.6 is 12.4 Å². The molecular formula is C21H28ClN5O2. The molecule has 0 fully saturated rings. The normalized spacial score (nSPS) is 12.8. The second-order valence-corrected chi connectivity index (χ2v) is 6.83. The number of ether oxygens (including phenoxy) is 1. The zero-order valence-corrected chi connectivity index (χ0v) is 17.5. The molecule has 0 aliphatic carbocycles. The lowest BCUT2D eigenvalue weighted by Gasteiger charge is -2.18. The largest absolute Gasteiger partial charge is 0.491 e. The van der Waals surface area contributed by atoms with Crippen molar-refractivity contribution in [2.24, 2.45) is 0 Å². The first-order chi connectivity index (χ1) is 13.7. The van der Waals surface area contributed by atoms with E-state index >= 15 is 0 Å². The Morgan fingerprint density at radius 2 is 1.83 bits per heavy atom. The van der Waals surface area contributed by atoms with Crippen LogP contribution in [0.2, 0.25) is 0 Å². The van der Waals surface area contributed by atoms with Gasteiger partial charge in [0.25, 0.3) is 0 Å². The van der Waals surface area contributed by atoms with Crippen LogP contribution in [0.1, 0.15) is 37.4 Å². The average Bonchev–Trinajstić information content (AvgIpc) is 3.27. The van der Waals surface area contributed by atoms with Crippen LogP contribution in [0.5, 0.6) is 5.75 Å². The maximum Gasteiger partial charge on any atom is 0.143 e. The number of nitrogens with zero attached hydrogens (tertiary/aromatic N) is 4. The zero-order valence-electron chi connectivity index (χ0n) is 16.7. The lowest BCUT2D eigenvalue weighted by Crippen LogP contribution is -2.33. The fourth-order valence-corrected chi connectivity index (χ4v) is 2.92. The summed E-state index contributed by atoms with van der Waals surface area (Å²) in [6.45, 7) is 4.93. The minimum absolute atomic E-state index is 0. The Labute approximate surface area is 177 Å². The van der Waals surface area contributed by atoms with Crippen molar-refractivity contribution >= 4 is 12.4 Å². The van der Waals surface area contributed by atoms with Crippen LogP contribution in [0.15, 0.2) is 54.9 Å². The lowest BCUT2D eigenvalue weighted by atomic mass is 10.1. The Kier molecular flexibility index (Phi) is 9.05. The molecule has 0 spiro atoms. The quantitative estimate of drug-likeness (QED) is 0.527. The molecule has 0 saturated carbocycles. The molecule has 2 aromatic carbocycles. The number of halogens is 1. The topological polar surface area (TPSA) is 85.1 Å². The van der Waals surface area contributed by atoms with Crippen molar-refractivity contribution in [1.82, 2.24) is 25.5 Å². The van der Waals surface area contributed by atoms with Gasteiger partial charge in [0.15, 0.2) is 0 Å². The molecule has 7 nitrogen and oxygen atoms in total. The van der Waals surface area contributed by atoms with Crippen molar-refractivity contribution in [2.45, 2.75) is 38.8 Å². The number of benzene rings is 2. The van der Waals surface area contributed by atoms with Crippen molar-refractivity contribution in [3.05, 3.63) is 66.0 Å². The van der Waals surface area contributed by atoms with E-state index in [1.165, 1.54) is 5.56 Å². The summed E-state index contributed by atoms with van der Waals surface area (Å²) in [5, 5.41) is 24.7. The Bertz CT molecular complexity index is 825. The molecule has 0 aliphatic heterocycles. The fourth-order valence-electron chi connectivity index (χ4n) is 2.92. The Morgan fingerprint density at radius 1 is 1.10 bits per heavy atom. The predicted octanol–water partition coefficient (Wildman–Crippen LogP) is 3.13. The summed E-state index contributed by atoms with van der Waals surface area (Å²) in [5.41, 5.74) is 3.33. The SMILES string of the molecule is CCCc1ccc(OCC(O)CNC(C)c2ccc(-n3cnnn3)cc2)cc1.Cl. The smallest absolute Gasteiger partial charge is 0.143 e. The van der Waals surface area contributed by atoms with E-state index in [-0.39, 0.29) is 25.1 Å². The monoisotopic (exact) mass is 417 g/mol. The molecule has 0 bridgehead atoms. The highest BCUT2D eigenvalue weighted by molar-refractivity contribution is 5.85. The molecule has 2 atom stereocenters. The van der Waals surface area contributed by atoms with Gasteiger partial charge in [-0.15, -0.1) is 17.5 Å². The van der Waals surface area contributed by atoms with Crippen molar-refractivity contribution in [3.8, 4) is 11.4 Å². The minimum Gasteiger partial charge on any atom is -0.491 e. The molecule has 1 heterocycles. The third-order valence-corrected chi connectivity index (χ3v) is 4.57. The summed E-state index contributed by atoms with van der Waals surface area (Å²) in [6, 6.07) is 16.1. The first-order valence-corrected chi connectivity index (χ1v) is 9.62. The van der Waals surface area contributed by atoms with Crippen LogP contribution in [0, 0.1) is 0 Å². The van der Waals surface area contributed by atoms with Gasteiger partial charge in [-0.25, -0.2) is 4.68 Å². The van der Waals surface area contributed by atoms with Gasteiger partial charge in [-0.05, 0) is 59.2 Å². The second-order valence-electron chi connectivity index (χ2n) is 6.83. The molecule has 0 saturated heterocycles. The highest BCUT2D eigenvalue weighted by Crippen LogP contribution is 2.16. The van der Waals surface area contributed by atoms with Gasteiger partial charge in [-0.3, -0.25) is 0 Å². The van der Waals surface area contributed by atoms with E-state index in [4.69, 9.17) is 4.74 Å². The third kappa shape index (κ3) is 6.81. The number of aromatic nitrogens is 4. The molecule has 2 unspecified atom stereocenters. The van der Waals surface area contributed by atoms with Gasteiger partial charge in [-0.1, -0.05) is 37.6 Å². The molecule has 1 aromatic heterocycles. The van der Waals surface area contributed by atoms with Crippen molar-refractivity contribution in [3.63, 3.8) is 0 Å². The molecular weight excluding hydrogens is 390 g/mol.